The van der Waals surface area contributed by atoms with Gasteiger partial charge in [0, 0.05) is 17.2 Å². The second kappa shape index (κ2) is 10.7. The van der Waals surface area contributed by atoms with Gasteiger partial charge in [0.25, 0.3) is 11.8 Å². The second-order valence-corrected chi connectivity index (χ2v) is 9.11. The van der Waals surface area contributed by atoms with E-state index in [1.54, 1.807) is 12.1 Å². The lowest BCUT2D eigenvalue weighted by atomic mass is 9.82. The van der Waals surface area contributed by atoms with Crippen molar-refractivity contribution in [2.45, 2.75) is 78.7 Å². The van der Waals surface area contributed by atoms with Gasteiger partial charge in [-0.15, -0.1) is 0 Å². The zero-order valence-electron chi connectivity index (χ0n) is 19.4. The number of nitrogens with one attached hydrogen (secondary N) is 1. The van der Waals surface area contributed by atoms with Gasteiger partial charge in [-0.1, -0.05) is 67.5 Å². The van der Waals surface area contributed by atoms with Crippen molar-refractivity contribution in [1.29, 1.82) is 0 Å². The molecule has 0 aromatic heterocycles. The summed E-state index contributed by atoms with van der Waals surface area (Å²) in [5, 5.41) is 1.29. The van der Waals surface area contributed by atoms with Crippen LogP contribution in [0.2, 0.25) is 0 Å². The maximum absolute atomic E-state index is 13.6. The average molecular weight is 421 g/mol. The van der Waals surface area contributed by atoms with E-state index in [0.717, 1.165) is 42.4 Å². The Hall–Kier alpha value is -2.46. The zero-order chi connectivity index (χ0) is 22.4. The van der Waals surface area contributed by atoms with Crippen LogP contribution in [0.1, 0.15) is 89.3 Å². The summed E-state index contributed by atoms with van der Waals surface area (Å²) in [5.74, 6) is -0.0792. The molecule has 31 heavy (non-hydrogen) atoms. The summed E-state index contributed by atoms with van der Waals surface area (Å²) in [5.41, 5.74) is 7.60. The van der Waals surface area contributed by atoms with Crippen LogP contribution in [0.15, 0.2) is 42.5 Å². The van der Waals surface area contributed by atoms with Crippen LogP contribution >= 0.6 is 0 Å². The number of nitrogens with zero attached hydrogens (tertiary/aromatic N) is 1. The van der Waals surface area contributed by atoms with Crippen molar-refractivity contribution in [2.75, 3.05) is 0 Å². The van der Waals surface area contributed by atoms with Crippen LogP contribution in [0, 0.1) is 26.7 Å². The Morgan fingerprint density at radius 3 is 2.03 bits per heavy atom. The number of rotatable bonds is 7. The molecule has 2 aromatic rings. The van der Waals surface area contributed by atoms with Crippen molar-refractivity contribution in [2.24, 2.45) is 5.92 Å². The number of carbonyl (C=O) groups excluding carboxylic acids is 2. The summed E-state index contributed by atoms with van der Waals surface area (Å²) in [6, 6.07) is 13.3. The minimum atomic E-state index is -0.291. The molecule has 0 bridgehead atoms. The van der Waals surface area contributed by atoms with Gasteiger partial charge in [-0.2, -0.15) is 0 Å². The number of hydrazine groups is 1. The second-order valence-electron chi connectivity index (χ2n) is 9.11. The van der Waals surface area contributed by atoms with Crippen LogP contribution in [0.5, 0.6) is 0 Å². The number of aryl methyl sites for hydroxylation is 3. The van der Waals surface area contributed by atoms with Crippen molar-refractivity contribution in [3.05, 3.63) is 70.3 Å². The minimum Gasteiger partial charge on any atom is -0.267 e. The molecule has 1 fully saturated rings. The smallest absolute Gasteiger partial charge is 0.267 e. The number of hydrogen-bond acceptors (Lipinski definition) is 3. The molecular formula is C27H36N2O2. The average Bonchev–Trinajstić information content (AvgIpc) is 2.76. The van der Waals surface area contributed by atoms with Crippen molar-refractivity contribution in [3.8, 4) is 0 Å². The van der Waals surface area contributed by atoms with Gasteiger partial charge < -0.3 is 0 Å². The normalized spacial score (nSPS) is 15.5. The first-order chi connectivity index (χ1) is 14.9. The Bertz CT molecular complexity index is 878. The molecule has 0 aliphatic heterocycles. The summed E-state index contributed by atoms with van der Waals surface area (Å²) in [7, 11) is 0. The van der Waals surface area contributed by atoms with Gasteiger partial charge in [0.1, 0.15) is 0 Å². The van der Waals surface area contributed by atoms with E-state index in [1.165, 1.54) is 24.3 Å². The highest BCUT2D eigenvalue weighted by atomic mass is 16.2. The molecule has 166 valence electrons. The van der Waals surface area contributed by atoms with Crippen LogP contribution in [-0.2, 0) is 0 Å². The Morgan fingerprint density at radius 2 is 1.45 bits per heavy atom. The number of imide groups is 1. The molecule has 1 atom stereocenters. The third-order valence-electron chi connectivity index (χ3n) is 6.29. The first-order valence-corrected chi connectivity index (χ1v) is 11.7. The van der Waals surface area contributed by atoms with Crippen LogP contribution in [0.4, 0.5) is 0 Å². The van der Waals surface area contributed by atoms with Gasteiger partial charge >= 0.3 is 0 Å². The van der Waals surface area contributed by atoms with Crippen LogP contribution in [-0.4, -0.2) is 22.9 Å². The fourth-order valence-corrected chi connectivity index (χ4v) is 4.68. The molecule has 4 heteroatoms. The van der Waals surface area contributed by atoms with Crippen LogP contribution in [0.3, 0.4) is 0 Å². The Labute approximate surface area is 187 Å². The highest BCUT2D eigenvalue weighted by molar-refractivity contribution is 6.10. The fraction of sp³-hybridized carbons (Fsp3) is 0.481. The predicted octanol–water partition coefficient (Wildman–Crippen LogP) is 6.15. The van der Waals surface area contributed by atoms with Gasteiger partial charge in [-0.05, 0) is 70.2 Å². The van der Waals surface area contributed by atoms with Crippen LogP contribution < -0.4 is 5.43 Å². The Balaban J connectivity index is 1.94. The highest BCUT2D eigenvalue weighted by Crippen LogP contribution is 2.29. The van der Waals surface area contributed by atoms with E-state index in [1.807, 2.05) is 51.1 Å². The largest absolute Gasteiger partial charge is 0.275 e. The molecule has 0 heterocycles. The molecular weight excluding hydrogens is 384 g/mol. The van der Waals surface area contributed by atoms with Crippen molar-refractivity contribution < 1.29 is 9.59 Å². The standard InChI is InChI=1S/C27H36N2O2/c1-5-9-25(22-10-7-6-8-11-22)28-29(26(30)23-14-12-19(2)13-15-23)27(31)24-17-20(3)16-21(4)18-24/h12-18,22,25,28H,5-11H2,1-4H3/t25-/m0/s1. The van der Waals surface area contributed by atoms with Gasteiger partial charge in [-0.3, -0.25) is 9.59 Å². The number of hydrogen-bond donors (Lipinski definition) is 1. The van der Waals surface area contributed by atoms with Gasteiger partial charge in [0.05, 0.1) is 0 Å². The summed E-state index contributed by atoms with van der Waals surface area (Å²) in [6.45, 7) is 8.11. The van der Waals surface area contributed by atoms with Gasteiger partial charge in [-0.25, -0.2) is 10.4 Å². The number of carbonyl (C=O) groups is 2. The SMILES string of the molecule is CCC[C@H](NN(C(=O)c1ccc(C)cc1)C(=O)c1cc(C)cc(C)c1)C1CCCCC1. The molecule has 3 rings (SSSR count). The molecule has 0 radical (unpaired) electrons. The molecule has 1 aliphatic carbocycles. The van der Waals surface area contributed by atoms with Crippen LogP contribution in [0.25, 0.3) is 0 Å². The fourth-order valence-electron chi connectivity index (χ4n) is 4.68. The number of benzene rings is 2. The van der Waals surface area contributed by atoms with Crippen molar-refractivity contribution in [3.63, 3.8) is 0 Å². The van der Waals surface area contributed by atoms with Gasteiger partial charge in [0.15, 0.2) is 0 Å². The summed E-state index contributed by atoms with van der Waals surface area (Å²) >= 11 is 0. The van der Waals surface area contributed by atoms with E-state index in [4.69, 9.17) is 0 Å². The lowest BCUT2D eigenvalue weighted by molar-refractivity contribution is 0.0444. The van der Waals surface area contributed by atoms with Gasteiger partial charge in [0.2, 0.25) is 0 Å². The van der Waals surface area contributed by atoms with E-state index in [9.17, 15) is 9.59 Å². The first-order valence-electron chi connectivity index (χ1n) is 11.7. The van der Waals surface area contributed by atoms with E-state index in [-0.39, 0.29) is 17.9 Å². The molecule has 1 saturated carbocycles. The van der Waals surface area contributed by atoms with E-state index >= 15 is 0 Å². The minimum absolute atomic E-state index is 0.120. The molecule has 0 spiro atoms. The highest BCUT2D eigenvalue weighted by Gasteiger charge is 2.31. The molecule has 0 saturated heterocycles. The first kappa shape index (κ1) is 23.2. The summed E-state index contributed by atoms with van der Waals surface area (Å²) < 4.78 is 0. The third-order valence-corrected chi connectivity index (χ3v) is 6.29. The van der Waals surface area contributed by atoms with E-state index < -0.39 is 0 Å². The Kier molecular flexibility index (Phi) is 8.03. The maximum atomic E-state index is 13.6. The third kappa shape index (κ3) is 6.04. The molecule has 1 N–H and O–H groups in total. The Morgan fingerprint density at radius 1 is 0.871 bits per heavy atom. The molecule has 0 unspecified atom stereocenters. The maximum Gasteiger partial charge on any atom is 0.275 e. The molecule has 1 aliphatic rings. The van der Waals surface area contributed by atoms with E-state index in [2.05, 4.69) is 12.3 Å². The van der Waals surface area contributed by atoms with Crippen molar-refractivity contribution in [1.82, 2.24) is 10.4 Å². The molecule has 2 aromatic carbocycles. The predicted molar refractivity (Wildman–Crippen MR) is 126 cm³/mol. The molecule has 4 nitrogen and oxygen atoms in total. The quantitative estimate of drug-likeness (QED) is 0.432. The summed E-state index contributed by atoms with van der Waals surface area (Å²) in [4.78, 5) is 27.1. The molecule has 2 amide bonds. The van der Waals surface area contributed by atoms with E-state index in [0.29, 0.717) is 17.0 Å². The lowest BCUT2D eigenvalue weighted by Crippen LogP contribution is -2.54. The zero-order valence-corrected chi connectivity index (χ0v) is 19.4. The lowest BCUT2D eigenvalue weighted by Gasteiger charge is -2.35. The van der Waals surface area contributed by atoms with Crippen molar-refractivity contribution >= 4 is 11.8 Å². The topological polar surface area (TPSA) is 49.4 Å². The number of amides is 2. The summed E-state index contributed by atoms with van der Waals surface area (Å²) in [6.07, 6.45) is 8.00. The monoisotopic (exact) mass is 420 g/mol.